The molecule has 1 atom stereocenters. The average Bonchev–Trinajstić information content (AvgIpc) is 2.76. The molecular weight excluding hydrogens is 260 g/mol. The lowest BCUT2D eigenvalue weighted by atomic mass is 9.96. The summed E-state index contributed by atoms with van der Waals surface area (Å²) in [5.41, 5.74) is 1.31. The lowest BCUT2D eigenvalue weighted by Gasteiger charge is -2.15. The summed E-state index contributed by atoms with van der Waals surface area (Å²) in [6, 6.07) is 3.10. The van der Waals surface area contributed by atoms with Crippen molar-refractivity contribution in [1.29, 1.82) is 0 Å². The normalized spacial score (nSPS) is 17.7. The number of carboxylic acid groups (broad SMARTS) is 1. The van der Waals surface area contributed by atoms with Crippen LogP contribution in [-0.4, -0.2) is 35.5 Å². The monoisotopic (exact) mass is 276 g/mol. The number of carbonyl (C=O) groups excluding carboxylic acids is 2. The third kappa shape index (κ3) is 2.64. The molecule has 3 N–H and O–H groups in total. The van der Waals surface area contributed by atoms with Gasteiger partial charge in [-0.05, 0) is 25.0 Å². The van der Waals surface area contributed by atoms with E-state index in [1.54, 1.807) is 26.0 Å². The van der Waals surface area contributed by atoms with Gasteiger partial charge in [-0.15, -0.1) is 0 Å². The number of benzene rings is 1. The van der Waals surface area contributed by atoms with Gasteiger partial charge >= 0.3 is 5.97 Å². The summed E-state index contributed by atoms with van der Waals surface area (Å²) in [4.78, 5) is 34.7. The van der Waals surface area contributed by atoms with Gasteiger partial charge in [-0.1, -0.05) is 12.1 Å². The fraction of sp³-hybridized carbons (Fsp3) is 0.357. The zero-order valence-electron chi connectivity index (χ0n) is 11.3. The SMILES string of the molecule is Cc1ccc(C)c(C(=O)NC2CNC(=O)C2)c1C(=O)O. The summed E-state index contributed by atoms with van der Waals surface area (Å²) in [7, 11) is 0. The first-order valence-corrected chi connectivity index (χ1v) is 6.31. The molecule has 0 aromatic heterocycles. The second-order valence-corrected chi connectivity index (χ2v) is 4.93. The molecule has 0 saturated carbocycles. The van der Waals surface area contributed by atoms with E-state index >= 15 is 0 Å². The smallest absolute Gasteiger partial charge is 0.336 e. The topological polar surface area (TPSA) is 95.5 Å². The molecule has 1 aliphatic heterocycles. The molecule has 0 bridgehead atoms. The third-order valence-electron chi connectivity index (χ3n) is 3.38. The molecule has 0 aliphatic carbocycles. The summed E-state index contributed by atoms with van der Waals surface area (Å²) in [6.07, 6.45) is 0.221. The molecule has 1 saturated heterocycles. The molecule has 1 unspecified atom stereocenters. The first-order valence-electron chi connectivity index (χ1n) is 6.31. The number of hydrogen-bond acceptors (Lipinski definition) is 3. The van der Waals surface area contributed by atoms with E-state index in [9.17, 15) is 19.5 Å². The van der Waals surface area contributed by atoms with E-state index in [0.29, 0.717) is 17.7 Å². The summed E-state index contributed by atoms with van der Waals surface area (Å²) in [5.74, 6) is -1.70. The van der Waals surface area contributed by atoms with Crippen molar-refractivity contribution in [1.82, 2.24) is 10.6 Å². The molecule has 1 aliphatic rings. The fourth-order valence-corrected chi connectivity index (χ4v) is 2.34. The van der Waals surface area contributed by atoms with Gasteiger partial charge in [-0.25, -0.2) is 4.79 Å². The highest BCUT2D eigenvalue weighted by Crippen LogP contribution is 2.19. The minimum absolute atomic E-state index is 0.0137. The molecule has 1 aromatic rings. The first kappa shape index (κ1) is 14.0. The van der Waals surface area contributed by atoms with E-state index in [1.165, 1.54) is 0 Å². The quantitative estimate of drug-likeness (QED) is 0.754. The molecule has 6 nitrogen and oxygen atoms in total. The Morgan fingerprint density at radius 3 is 2.35 bits per heavy atom. The summed E-state index contributed by atoms with van der Waals surface area (Å²) < 4.78 is 0. The van der Waals surface area contributed by atoms with Crippen LogP contribution in [0.25, 0.3) is 0 Å². The number of amides is 2. The van der Waals surface area contributed by atoms with E-state index < -0.39 is 11.9 Å². The van der Waals surface area contributed by atoms with Crippen molar-refractivity contribution in [3.05, 3.63) is 34.4 Å². The first-order chi connectivity index (χ1) is 9.40. The van der Waals surface area contributed by atoms with E-state index in [1.807, 2.05) is 0 Å². The van der Waals surface area contributed by atoms with Crippen molar-refractivity contribution < 1.29 is 19.5 Å². The zero-order chi connectivity index (χ0) is 14.9. The van der Waals surface area contributed by atoms with Gasteiger partial charge in [0.2, 0.25) is 5.91 Å². The minimum Gasteiger partial charge on any atom is -0.478 e. The number of carboxylic acids is 1. The van der Waals surface area contributed by atoms with Crippen LogP contribution in [0, 0.1) is 13.8 Å². The standard InChI is InChI=1S/C14H16N2O4/c1-7-3-4-8(2)12(14(19)20)11(7)13(18)16-9-5-10(17)15-6-9/h3-4,9H,5-6H2,1-2H3,(H,15,17)(H,16,18)(H,19,20). The Balaban J connectivity index is 2.31. The van der Waals surface area contributed by atoms with E-state index in [4.69, 9.17) is 0 Å². The van der Waals surface area contributed by atoms with Crippen molar-refractivity contribution >= 4 is 17.8 Å². The van der Waals surface area contributed by atoms with Gasteiger partial charge in [0, 0.05) is 13.0 Å². The highest BCUT2D eigenvalue weighted by atomic mass is 16.4. The molecule has 1 fully saturated rings. The van der Waals surface area contributed by atoms with Gasteiger partial charge in [0.05, 0.1) is 17.2 Å². The second-order valence-electron chi connectivity index (χ2n) is 4.93. The molecule has 0 radical (unpaired) electrons. The highest BCUT2D eigenvalue weighted by Gasteiger charge is 2.26. The molecular formula is C14H16N2O4. The van der Waals surface area contributed by atoms with Gasteiger partial charge in [0.25, 0.3) is 5.91 Å². The summed E-state index contributed by atoms with van der Waals surface area (Å²) >= 11 is 0. The average molecular weight is 276 g/mol. The van der Waals surface area contributed by atoms with Crippen LogP contribution in [0.3, 0.4) is 0 Å². The van der Waals surface area contributed by atoms with Gasteiger partial charge < -0.3 is 15.7 Å². The Morgan fingerprint density at radius 1 is 1.25 bits per heavy atom. The van der Waals surface area contributed by atoms with Crippen molar-refractivity contribution in [3.63, 3.8) is 0 Å². The predicted molar refractivity (Wildman–Crippen MR) is 71.8 cm³/mol. The van der Waals surface area contributed by atoms with Crippen molar-refractivity contribution in [2.24, 2.45) is 0 Å². The van der Waals surface area contributed by atoms with Crippen LogP contribution in [0.4, 0.5) is 0 Å². The maximum Gasteiger partial charge on any atom is 0.336 e. The Kier molecular flexibility index (Phi) is 3.74. The van der Waals surface area contributed by atoms with Crippen LogP contribution < -0.4 is 10.6 Å². The molecule has 0 spiro atoms. The number of aryl methyl sites for hydroxylation is 2. The van der Waals surface area contributed by atoms with Gasteiger partial charge in [-0.3, -0.25) is 9.59 Å². The molecule has 1 heterocycles. The van der Waals surface area contributed by atoms with Crippen molar-refractivity contribution in [2.45, 2.75) is 26.3 Å². The van der Waals surface area contributed by atoms with Crippen molar-refractivity contribution in [2.75, 3.05) is 6.54 Å². The fourth-order valence-electron chi connectivity index (χ4n) is 2.34. The predicted octanol–water partition coefficient (Wildman–Crippen LogP) is 0.620. The largest absolute Gasteiger partial charge is 0.478 e. The maximum absolute atomic E-state index is 12.3. The number of nitrogens with one attached hydrogen (secondary N) is 2. The minimum atomic E-state index is -1.13. The number of aromatic carboxylic acids is 1. The van der Waals surface area contributed by atoms with Crippen LogP contribution in [0.1, 0.15) is 38.3 Å². The summed E-state index contributed by atoms with van der Waals surface area (Å²) in [5, 5.41) is 14.6. The van der Waals surface area contributed by atoms with Gasteiger partial charge in [0.1, 0.15) is 0 Å². The lowest BCUT2D eigenvalue weighted by Crippen LogP contribution is -2.37. The van der Waals surface area contributed by atoms with Crippen LogP contribution in [0.5, 0.6) is 0 Å². The zero-order valence-corrected chi connectivity index (χ0v) is 11.3. The van der Waals surface area contributed by atoms with Crippen LogP contribution >= 0.6 is 0 Å². The Labute approximate surface area is 116 Å². The third-order valence-corrected chi connectivity index (χ3v) is 3.38. The van der Waals surface area contributed by atoms with Crippen molar-refractivity contribution in [3.8, 4) is 0 Å². The molecule has 1 aromatic carbocycles. The lowest BCUT2D eigenvalue weighted by molar-refractivity contribution is -0.119. The Hall–Kier alpha value is -2.37. The van der Waals surface area contributed by atoms with E-state index in [2.05, 4.69) is 10.6 Å². The van der Waals surface area contributed by atoms with Crippen LogP contribution in [0.2, 0.25) is 0 Å². The summed E-state index contributed by atoms with van der Waals surface area (Å²) in [6.45, 7) is 3.72. The molecule has 6 heteroatoms. The molecule has 106 valence electrons. The maximum atomic E-state index is 12.3. The Morgan fingerprint density at radius 2 is 1.85 bits per heavy atom. The second kappa shape index (κ2) is 5.32. The van der Waals surface area contributed by atoms with E-state index in [0.717, 1.165) is 0 Å². The molecule has 2 amide bonds. The molecule has 20 heavy (non-hydrogen) atoms. The molecule has 2 rings (SSSR count). The van der Waals surface area contributed by atoms with E-state index in [-0.39, 0.29) is 29.5 Å². The number of carbonyl (C=O) groups is 3. The Bertz CT molecular complexity index is 595. The van der Waals surface area contributed by atoms with Gasteiger partial charge in [-0.2, -0.15) is 0 Å². The number of rotatable bonds is 3. The van der Waals surface area contributed by atoms with Crippen LogP contribution in [-0.2, 0) is 4.79 Å². The highest BCUT2D eigenvalue weighted by molar-refractivity contribution is 6.07. The number of hydrogen-bond donors (Lipinski definition) is 3. The van der Waals surface area contributed by atoms with Crippen LogP contribution in [0.15, 0.2) is 12.1 Å². The van der Waals surface area contributed by atoms with Gasteiger partial charge in [0.15, 0.2) is 0 Å².